The number of hydrogen-bond acceptors (Lipinski definition) is 6. The number of aliphatic hydroxyl groups excluding tert-OH is 1. The zero-order valence-electron chi connectivity index (χ0n) is 15.7. The summed E-state index contributed by atoms with van der Waals surface area (Å²) >= 11 is 0. The van der Waals surface area contributed by atoms with Crippen LogP contribution in [0.4, 0.5) is 4.39 Å². The second-order valence-electron chi connectivity index (χ2n) is 6.95. The van der Waals surface area contributed by atoms with E-state index >= 15 is 0 Å². The molecular weight excluding hydrogens is 351 g/mol. The van der Waals surface area contributed by atoms with Crippen molar-refractivity contribution in [2.75, 3.05) is 33.3 Å². The maximum atomic E-state index is 13.3. The fourth-order valence-electron chi connectivity index (χ4n) is 3.41. The van der Waals surface area contributed by atoms with Crippen LogP contribution in [-0.4, -0.2) is 73.9 Å². The van der Waals surface area contributed by atoms with Crippen LogP contribution in [0.25, 0.3) is 0 Å². The van der Waals surface area contributed by atoms with Crippen molar-refractivity contribution in [1.82, 2.24) is 29.5 Å². The lowest BCUT2D eigenvalue weighted by atomic mass is 9.95. The molecule has 0 atom stereocenters. The van der Waals surface area contributed by atoms with Gasteiger partial charge in [-0.2, -0.15) is 0 Å². The molecule has 0 spiro atoms. The van der Waals surface area contributed by atoms with Gasteiger partial charge in [0.05, 0.1) is 24.9 Å². The Hall–Kier alpha value is -2.39. The van der Waals surface area contributed by atoms with Crippen LogP contribution in [0, 0.1) is 5.82 Å². The smallest absolute Gasteiger partial charge is 0.255 e. The van der Waals surface area contributed by atoms with Gasteiger partial charge in [-0.15, -0.1) is 10.2 Å². The molecule has 8 nitrogen and oxygen atoms in total. The first kappa shape index (κ1) is 19.4. The van der Waals surface area contributed by atoms with Gasteiger partial charge in [0.1, 0.15) is 17.5 Å². The van der Waals surface area contributed by atoms with Crippen molar-refractivity contribution < 1.29 is 14.3 Å². The highest BCUT2D eigenvalue weighted by Gasteiger charge is 2.28. The molecule has 2 aromatic heterocycles. The summed E-state index contributed by atoms with van der Waals surface area (Å²) in [4.78, 5) is 20.0. The largest absolute Gasteiger partial charge is 0.395 e. The molecule has 27 heavy (non-hydrogen) atoms. The van der Waals surface area contributed by atoms with Crippen molar-refractivity contribution in [2.24, 2.45) is 7.05 Å². The molecule has 1 aliphatic heterocycles. The van der Waals surface area contributed by atoms with Gasteiger partial charge >= 0.3 is 0 Å². The molecule has 1 amide bonds. The lowest BCUT2D eigenvalue weighted by molar-refractivity contribution is 0.0709. The molecule has 3 rings (SSSR count). The molecule has 1 fully saturated rings. The average molecular weight is 376 g/mol. The van der Waals surface area contributed by atoms with E-state index in [1.54, 1.807) is 4.90 Å². The van der Waals surface area contributed by atoms with Gasteiger partial charge in [-0.1, -0.05) is 0 Å². The summed E-state index contributed by atoms with van der Waals surface area (Å²) in [5, 5.41) is 17.7. The fourth-order valence-corrected chi connectivity index (χ4v) is 3.41. The number of likely N-dealkylation sites (tertiary alicyclic amines) is 1. The molecule has 2 aromatic rings. The van der Waals surface area contributed by atoms with Gasteiger partial charge in [-0.25, -0.2) is 4.39 Å². The standard InChI is InChI=1S/C18H25FN6O2/c1-23(7-8-26)12-16-21-22-17(24(16)2)13-3-5-25(6-4-13)18(27)14-9-15(19)11-20-10-14/h9-11,13,26H,3-8,12H2,1-2H3. The number of aromatic nitrogens is 4. The van der Waals surface area contributed by atoms with Crippen LogP contribution in [0.2, 0.25) is 0 Å². The lowest BCUT2D eigenvalue weighted by Crippen LogP contribution is -2.38. The highest BCUT2D eigenvalue weighted by atomic mass is 19.1. The van der Waals surface area contributed by atoms with Crippen molar-refractivity contribution in [1.29, 1.82) is 0 Å². The summed E-state index contributed by atoms with van der Waals surface area (Å²) in [5.74, 6) is 1.31. The Bertz CT molecular complexity index is 788. The number of likely N-dealkylation sites (N-methyl/N-ethyl adjacent to an activating group) is 1. The Labute approximate surface area is 157 Å². The van der Waals surface area contributed by atoms with Crippen molar-refractivity contribution in [2.45, 2.75) is 25.3 Å². The third-order valence-electron chi connectivity index (χ3n) is 4.99. The summed E-state index contributed by atoms with van der Waals surface area (Å²) in [7, 11) is 3.88. The minimum atomic E-state index is -0.506. The van der Waals surface area contributed by atoms with Gasteiger partial charge in [0.25, 0.3) is 5.91 Å². The zero-order valence-corrected chi connectivity index (χ0v) is 15.7. The molecule has 0 aromatic carbocycles. The Morgan fingerprint density at radius 1 is 1.33 bits per heavy atom. The van der Waals surface area contributed by atoms with E-state index < -0.39 is 5.82 Å². The SMILES string of the molecule is CN(CCO)Cc1nnc(C2CCN(C(=O)c3cncc(F)c3)CC2)n1C. The maximum absolute atomic E-state index is 13.3. The van der Waals surface area contributed by atoms with E-state index in [-0.39, 0.29) is 24.0 Å². The number of halogens is 1. The lowest BCUT2D eigenvalue weighted by Gasteiger charge is -2.31. The third-order valence-corrected chi connectivity index (χ3v) is 4.99. The van der Waals surface area contributed by atoms with Gasteiger partial charge in [-0.3, -0.25) is 14.7 Å². The average Bonchev–Trinajstić information content (AvgIpc) is 3.02. The molecule has 0 unspecified atom stereocenters. The molecule has 3 heterocycles. The van der Waals surface area contributed by atoms with E-state index in [0.29, 0.717) is 26.2 Å². The summed E-state index contributed by atoms with van der Waals surface area (Å²) in [5.41, 5.74) is 0.279. The predicted molar refractivity (Wildman–Crippen MR) is 96.5 cm³/mol. The second-order valence-corrected chi connectivity index (χ2v) is 6.95. The Morgan fingerprint density at radius 2 is 2.07 bits per heavy atom. The molecule has 1 N–H and O–H groups in total. The monoisotopic (exact) mass is 376 g/mol. The van der Waals surface area contributed by atoms with Crippen molar-refractivity contribution >= 4 is 5.91 Å². The van der Waals surface area contributed by atoms with E-state index in [4.69, 9.17) is 5.11 Å². The molecule has 9 heteroatoms. The Kier molecular flexibility index (Phi) is 6.12. The molecule has 0 radical (unpaired) electrons. The van der Waals surface area contributed by atoms with Crippen molar-refractivity contribution in [3.63, 3.8) is 0 Å². The fraction of sp³-hybridized carbons (Fsp3) is 0.556. The summed E-state index contributed by atoms with van der Waals surface area (Å²) < 4.78 is 15.3. The van der Waals surface area contributed by atoms with Crippen LogP contribution < -0.4 is 0 Å². The maximum Gasteiger partial charge on any atom is 0.255 e. The molecule has 0 bridgehead atoms. The number of carbonyl (C=O) groups excluding carboxylic acids is 1. The van der Waals surface area contributed by atoms with Crippen LogP contribution in [0.5, 0.6) is 0 Å². The first-order valence-corrected chi connectivity index (χ1v) is 9.07. The number of rotatable bonds is 6. The third kappa shape index (κ3) is 4.48. The number of aliphatic hydroxyl groups is 1. The van der Waals surface area contributed by atoms with E-state index in [1.807, 2.05) is 23.6 Å². The van der Waals surface area contributed by atoms with Crippen LogP contribution >= 0.6 is 0 Å². The van der Waals surface area contributed by atoms with Gasteiger partial charge in [0, 0.05) is 38.8 Å². The molecule has 0 saturated carbocycles. The Morgan fingerprint density at radius 3 is 2.74 bits per heavy atom. The zero-order chi connectivity index (χ0) is 19.4. The quantitative estimate of drug-likeness (QED) is 0.802. The number of piperidine rings is 1. The number of pyridine rings is 1. The number of hydrogen-bond donors (Lipinski definition) is 1. The molecular formula is C18H25FN6O2. The summed E-state index contributed by atoms with van der Waals surface area (Å²) in [6.07, 6.45) is 4.06. The van der Waals surface area contributed by atoms with Crippen LogP contribution in [-0.2, 0) is 13.6 Å². The van der Waals surface area contributed by atoms with Crippen LogP contribution in [0.3, 0.4) is 0 Å². The van der Waals surface area contributed by atoms with Gasteiger partial charge in [-0.05, 0) is 26.0 Å². The molecule has 146 valence electrons. The topological polar surface area (TPSA) is 87.4 Å². The predicted octanol–water partition coefficient (Wildman–Crippen LogP) is 0.793. The highest BCUT2D eigenvalue weighted by Crippen LogP contribution is 2.27. The van der Waals surface area contributed by atoms with E-state index in [0.717, 1.165) is 30.7 Å². The first-order valence-electron chi connectivity index (χ1n) is 9.07. The normalized spacial score (nSPS) is 15.5. The van der Waals surface area contributed by atoms with Crippen molar-refractivity contribution in [3.8, 4) is 0 Å². The number of amides is 1. The minimum Gasteiger partial charge on any atom is -0.395 e. The number of nitrogens with zero attached hydrogens (tertiary/aromatic N) is 6. The summed E-state index contributed by atoms with van der Waals surface area (Å²) in [6.45, 7) is 2.49. The van der Waals surface area contributed by atoms with E-state index in [2.05, 4.69) is 15.2 Å². The van der Waals surface area contributed by atoms with Crippen LogP contribution in [0.1, 0.15) is 40.8 Å². The number of carbonyl (C=O) groups is 1. The van der Waals surface area contributed by atoms with Crippen LogP contribution in [0.15, 0.2) is 18.5 Å². The van der Waals surface area contributed by atoms with Crippen molar-refractivity contribution in [3.05, 3.63) is 41.5 Å². The summed E-state index contributed by atoms with van der Waals surface area (Å²) in [6, 6.07) is 1.22. The van der Waals surface area contributed by atoms with Gasteiger partial charge in [0.15, 0.2) is 0 Å². The van der Waals surface area contributed by atoms with E-state index in [9.17, 15) is 9.18 Å². The molecule has 1 aliphatic rings. The Balaban J connectivity index is 1.61. The molecule has 1 saturated heterocycles. The second kappa shape index (κ2) is 8.53. The van der Waals surface area contributed by atoms with Gasteiger partial charge in [0.2, 0.25) is 0 Å². The highest BCUT2D eigenvalue weighted by molar-refractivity contribution is 5.93. The minimum absolute atomic E-state index is 0.106. The van der Waals surface area contributed by atoms with Gasteiger partial charge < -0.3 is 14.6 Å². The molecule has 0 aliphatic carbocycles. The first-order chi connectivity index (χ1) is 13.0. The van der Waals surface area contributed by atoms with E-state index in [1.165, 1.54) is 12.3 Å².